The Kier molecular flexibility index (Phi) is 7.09. The Labute approximate surface area is 208 Å². The van der Waals surface area contributed by atoms with Gasteiger partial charge in [-0.2, -0.15) is 0 Å². The van der Waals surface area contributed by atoms with Gasteiger partial charge in [0.1, 0.15) is 5.52 Å². The number of anilines is 4. The van der Waals surface area contributed by atoms with Crippen LogP contribution in [0.1, 0.15) is 44.4 Å². The zero-order valence-corrected chi connectivity index (χ0v) is 20.3. The van der Waals surface area contributed by atoms with Crippen LogP contribution in [0.5, 0.6) is 0 Å². The lowest BCUT2D eigenvalue weighted by Gasteiger charge is -2.27. The van der Waals surface area contributed by atoms with Gasteiger partial charge in [-0.05, 0) is 44.7 Å². The number of rotatable bonds is 6. The van der Waals surface area contributed by atoms with Crippen molar-refractivity contribution in [3.63, 3.8) is 0 Å². The van der Waals surface area contributed by atoms with Crippen molar-refractivity contribution in [2.45, 2.75) is 50.9 Å². The third-order valence-corrected chi connectivity index (χ3v) is 6.87. The molecule has 2 aliphatic rings. The highest BCUT2D eigenvalue weighted by Crippen LogP contribution is 2.34. The van der Waals surface area contributed by atoms with Crippen LogP contribution in [-0.4, -0.2) is 73.7 Å². The van der Waals surface area contributed by atoms with Crippen LogP contribution in [0.15, 0.2) is 18.3 Å². The molecule has 35 heavy (non-hydrogen) atoms. The zero-order chi connectivity index (χ0) is 24.4. The molecule has 0 unspecified atom stereocenters. The number of aliphatic hydroxyl groups excluding tert-OH is 2. The number of nitrogens with zero attached hydrogens (tertiary/aromatic N) is 6. The van der Waals surface area contributed by atoms with Crippen LogP contribution < -0.4 is 20.9 Å². The van der Waals surface area contributed by atoms with Crippen molar-refractivity contribution in [1.29, 1.82) is 0 Å². The van der Waals surface area contributed by atoms with Gasteiger partial charge in [-0.1, -0.05) is 11.6 Å². The van der Waals surface area contributed by atoms with Crippen LogP contribution in [0.25, 0.3) is 10.9 Å². The molecule has 2 fully saturated rings. The van der Waals surface area contributed by atoms with Crippen LogP contribution in [0.4, 0.5) is 23.4 Å². The van der Waals surface area contributed by atoms with Crippen molar-refractivity contribution in [3.8, 4) is 0 Å². The van der Waals surface area contributed by atoms with Crippen molar-refractivity contribution >= 4 is 45.9 Å². The van der Waals surface area contributed by atoms with Crippen LogP contribution in [0.2, 0.25) is 5.02 Å². The molecule has 3 aromatic rings. The maximum atomic E-state index is 10.2. The highest BCUT2D eigenvalue weighted by Gasteiger charge is 2.23. The normalized spacial score (nSPS) is 21.7. The van der Waals surface area contributed by atoms with E-state index in [0.717, 1.165) is 57.7 Å². The molecule has 0 radical (unpaired) electrons. The molecule has 0 aromatic carbocycles. The highest BCUT2D eigenvalue weighted by molar-refractivity contribution is 6.36. The molecule has 0 bridgehead atoms. The van der Waals surface area contributed by atoms with Gasteiger partial charge in [-0.15, -0.1) is 10.2 Å². The first kappa shape index (κ1) is 23.9. The van der Waals surface area contributed by atoms with Gasteiger partial charge in [-0.3, -0.25) is 0 Å². The van der Waals surface area contributed by atoms with Crippen molar-refractivity contribution in [1.82, 2.24) is 30.5 Å². The summed E-state index contributed by atoms with van der Waals surface area (Å²) in [5.41, 5.74) is 0.921. The van der Waals surface area contributed by atoms with Crippen LogP contribution in [-0.2, 0) is 0 Å². The third kappa shape index (κ3) is 5.37. The summed E-state index contributed by atoms with van der Waals surface area (Å²) in [4.78, 5) is 15.9. The molecule has 1 aliphatic heterocycles. The summed E-state index contributed by atoms with van der Waals surface area (Å²) in [6.07, 6.45) is 3.63. The first-order chi connectivity index (χ1) is 17.0. The first-order valence-electron chi connectivity index (χ1n) is 12.0. The SMILES string of the molecule is C[C@@H](O)c1nc(NC2CCC(O)CC2)c2nc(Nc3ccc(N4CCNCC4)nn3)ncc2c1Cl. The molecule has 11 nitrogen and oxygen atoms in total. The zero-order valence-electron chi connectivity index (χ0n) is 19.6. The van der Waals surface area contributed by atoms with Gasteiger partial charge in [0, 0.05) is 43.8 Å². The van der Waals surface area contributed by atoms with Gasteiger partial charge in [0.15, 0.2) is 17.5 Å². The number of piperazine rings is 1. The largest absolute Gasteiger partial charge is 0.393 e. The fourth-order valence-corrected chi connectivity index (χ4v) is 4.84. The Morgan fingerprint density at radius 2 is 1.89 bits per heavy atom. The molecule has 4 heterocycles. The fraction of sp³-hybridized carbons (Fsp3) is 0.522. The van der Waals surface area contributed by atoms with Gasteiger partial charge in [0.2, 0.25) is 5.95 Å². The number of nitrogens with one attached hydrogen (secondary N) is 3. The van der Waals surface area contributed by atoms with Gasteiger partial charge in [-0.25, -0.2) is 15.0 Å². The number of pyridine rings is 1. The average molecular weight is 500 g/mol. The molecule has 3 aromatic heterocycles. The number of aromatic nitrogens is 5. The van der Waals surface area contributed by atoms with E-state index in [9.17, 15) is 10.2 Å². The van der Waals surface area contributed by atoms with E-state index in [1.165, 1.54) is 0 Å². The molecule has 0 spiro atoms. The Morgan fingerprint density at radius 1 is 1.11 bits per heavy atom. The highest BCUT2D eigenvalue weighted by atomic mass is 35.5. The molecule has 1 saturated heterocycles. The van der Waals surface area contributed by atoms with E-state index in [-0.39, 0.29) is 12.1 Å². The van der Waals surface area contributed by atoms with Crippen molar-refractivity contribution in [2.75, 3.05) is 41.7 Å². The monoisotopic (exact) mass is 499 g/mol. The lowest BCUT2D eigenvalue weighted by atomic mass is 9.93. The number of halogens is 1. The summed E-state index contributed by atoms with van der Waals surface area (Å²) < 4.78 is 0. The van der Waals surface area contributed by atoms with E-state index in [2.05, 4.69) is 46.0 Å². The molecule has 1 aliphatic carbocycles. The quantitative estimate of drug-likeness (QED) is 0.341. The van der Waals surface area contributed by atoms with E-state index in [1.807, 2.05) is 12.1 Å². The first-order valence-corrected chi connectivity index (χ1v) is 12.4. The minimum absolute atomic E-state index is 0.145. The van der Waals surface area contributed by atoms with Gasteiger partial charge in [0.05, 0.1) is 22.9 Å². The Hall–Kier alpha value is -2.86. The second kappa shape index (κ2) is 10.4. The van der Waals surface area contributed by atoms with Crippen molar-refractivity contribution in [2.24, 2.45) is 0 Å². The van der Waals surface area contributed by atoms with Crippen molar-refractivity contribution < 1.29 is 10.2 Å². The smallest absolute Gasteiger partial charge is 0.229 e. The van der Waals surface area contributed by atoms with E-state index < -0.39 is 6.10 Å². The number of fused-ring (bicyclic) bond motifs is 1. The second-order valence-corrected chi connectivity index (χ2v) is 9.46. The van der Waals surface area contributed by atoms with Gasteiger partial charge < -0.3 is 31.1 Å². The van der Waals surface area contributed by atoms with Crippen LogP contribution >= 0.6 is 11.6 Å². The third-order valence-electron chi connectivity index (χ3n) is 6.47. The maximum absolute atomic E-state index is 10.2. The number of hydrogen-bond donors (Lipinski definition) is 5. The standard InChI is InChI=1S/C23H30ClN9O2/c1-13(34)20-19(24)16-12-26-23(28-17-6-7-18(32-31-17)33-10-8-25-9-11-33)30-21(16)22(29-20)27-14-2-4-15(35)5-3-14/h6-7,12-15,25,34-35H,2-5,8-11H2,1H3,(H,27,29)(H,26,28,30,31)/t13-,14?,15?/m1/s1. The van der Waals surface area contributed by atoms with Crippen molar-refractivity contribution in [3.05, 3.63) is 29.0 Å². The summed E-state index contributed by atoms with van der Waals surface area (Å²) in [6, 6.07) is 3.93. The van der Waals surface area contributed by atoms with Gasteiger partial charge >= 0.3 is 0 Å². The minimum atomic E-state index is -0.845. The molecule has 1 saturated carbocycles. The van der Waals surface area contributed by atoms with Gasteiger partial charge in [0.25, 0.3) is 0 Å². The molecule has 1 atom stereocenters. The Balaban J connectivity index is 1.42. The fourth-order valence-electron chi connectivity index (χ4n) is 4.50. The maximum Gasteiger partial charge on any atom is 0.229 e. The lowest BCUT2D eigenvalue weighted by Crippen LogP contribution is -2.43. The van der Waals surface area contributed by atoms with E-state index in [0.29, 0.717) is 39.2 Å². The molecular formula is C23H30ClN9O2. The predicted octanol–water partition coefficient (Wildman–Crippen LogP) is 2.39. The Morgan fingerprint density at radius 3 is 2.57 bits per heavy atom. The second-order valence-electron chi connectivity index (χ2n) is 9.08. The summed E-state index contributed by atoms with van der Waals surface area (Å²) in [5.74, 6) is 2.24. The van der Waals surface area contributed by atoms with Crippen LogP contribution in [0, 0.1) is 0 Å². The van der Waals surface area contributed by atoms with Crippen LogP contribution in [0.3, 0.4) is 0 Å². The summed E-state index contributed by atoms with van der Waals surface area (Å²) in [6.45, 7) is 5.27. The van der Waals surface area contributed by atoms with E-state index in [1.54, 1.807) is 13.1 Å². The summed E-state index contributed by atoms with van der Waals surface area (Å²) in [7, 11) is 0. The van der Waals surface area contributed by atoms with E-state index >= 15 is 0 Å². The average Bonchev–Trinajstić information content (AvgIpc) is 2.88. The molecule has 186 valence electrons. The summed E-state index contributed by atoms with van der Waals surface area (Å²) in [5, 5.41) is 39.5. The molecule has 0 amide bonds. The minimum Gasteiger partial charge on any atom is -0.393 e. The lowest BCUT2D eigenvalue weighted by molar-refractivity contribution is 0.126. The predicted molar refractivity (Wildman–Crippen MR) is 135 cm³/mol. The molecule has 12 heteroatoms. The topological polar surface area (TPSA) is 144 Å². The number of hydrogen-bond acceptors (Lipinski definition) is 11. The molecule has 5 rings (SSSR count). The Bertz CT molecular complexity index is 1160. The summed E-state index contributed by atoms with van der Waals surface area (Å²) >= 11 is 6.56. The molecule has 5 N–H and O–H groups in total. The number of aliphatic hydroxyl groups is 2. The van der Waals surface area contributed by atoms with E-state index in [4.69, 9.17) is 11.6 Å². The molecular weight excluding hydrogens is 470 g/mol.